The SMILES string of the molecule is CCCc1nc(CN(CC(=O)O)c2ccccc2)cs1. The zero-order valence-electron chi connectivity index (χ0n) is 11.5. The smallest absolute Gasteiger partial charge is 0.323 e. The van der Waals surface area contributed by atoms with Gasteiger partial charge in [0.15, 0.2) is 0 Å². The first kappa shape index (κ1) is 14.5. The zero-order valence-corrected chi connectivity index (χ0v) is 12.3. The summed E-state index contributed by atoms with van der Waals surface area (Å²) in [4.78, 5) is 17.4. The van der Waals surface area contributed by atoms with Gasteiger partial charge >= 0.3 is 5.97 Å². The molecule has 1 heterocycles. The molecule has 106 valence electrons. The van der Waals surface area contributed by atoms with E-state index in [1.807, 2.05) is 40.6 Å². The van der Waals surface area contributed by atoms with E-state index in [1.54, 1.807) is 11.3 Å². The fourth-order valence-corrected chi connectivity index (χ4v) is 2.88. The van der Waals surface area contributed by atoms with Gasteiger partial charge in [-0.3, -0.25) is 4.79 Å². The van der Waals surface area contributed by atoms with Crippen LogP contribution in [0.5, 0.6) is 0 Å². The second kappa shape index (κ2) is 7.05. The van der Waals surface area contributed by atoms with Crippen molar-refractivity contribution in [3.05, 3.63) is 46.4 Å². The average molecular weight is 290 g/mol. The Morgan fingerprint density at radius 3 is 2.75 bits per heavy atom. The maximum absolute atomic E-state index is 11.0. The third-order valence-corrected chi connectivity index (χ3v) is 3.82. The van der Waals surface area contributed by atoms with E-state index < -0.39 is 5.97 Å². The predicted molar refractivity (Wildman–Crippen MR) is 81.2 cm³/mol. The Hall–Kier alpha value is -1.88. The van der Waals surface area contributed by atoms with Gasteiger partial charge in [0.1, 0.15) is 6.54 Å². The van der Waals surface area contributed by atoms with Gasteiger partial charge in [-0.25, -0.2) is 4.98 Å². The minimum Gasteiger partial charge on any atom is -0.480 e. The summed E-state index contributed by atoms with van der Waals surface area (Å²) in [5, 5.41) is 12.2. The Balaban J connectivity index is 2.12. The van der Waals surface area contributed by atoms with Gasteiger partial charge in [-0.15, -0.1) is 11.3 Å². The van der Waals surface area contributed by atoms with Crippen LogP contribution in [-0.2, 0) is 17.8 Å². The van der Waals surface area contributed by atoms with Crippen molar-refractivity contribution in [1.29, 1.82) is 0 Å². The number of para-hydroxylation sites is 1. The highest BCUT2D eigenvalue weighted by Crippen LogP contribution is 2.18. The van der Waals surface area contributed by atoms with Crippen LogP contribution in [-0.4, -0.2) is 22.6 Å². The van der Waals surface area contributed by atoms with Crippen LogP contribution in [0.4, 0.5) is 5.69 Å². The minimum atomic E-state index is -0.835. The van der Waals surface area contributed by atoms with Crippen LogP contribution in [0.3, 0.4) is 0 Å². The van der Waals surface area contributed by atoms with Crippen LogP contribution >= 0.6 is 11.3 Å². The molecule has 0 fully saturated rings. The summed E-state index contributed by atoms with van der Waals surface area (Å²) in [6.07, 6.45) is 2.05. The van der Waals surface area contributed by atoms with Gasteiger partial charge in [-0.1, -0.05) is 25.1 Å². The Morgan fingerprint density at radius 2 is 2.10 bits per heavy atom. The Kier molecular flexibility index (Phi) is 5.12. The van der Waals surface area contributed by atoms with Crippen LogP contribution in [0.2, 0.25) is 0 Å². The summed E-state index contributed by atoms with van der Waals surface area (Å²) in [5.74, 6) is -0.835. The number of hydrogen-bond acceptors (Lipinski definition) is 4. The van der Waals surface area contributed by atoms with E-state index in [0.717, 1.165) is 29.2 Å². The fourth-order valence-electron chi connectivity index (χ4n) is 1.99. The molecule has 0 aliphatic carbocycles. The number of anilines is 1. The lowest BCUT2D eigenvalue weighted by Crippen LogP contribution is -2.29. The highest BCUT2D eigenvalue weighted by atomic mass is 32.1. The zero-order chi connectivity index (χ0) is 14.4. The minimum absolute atomic E-state index is 0.0232. The maximum atomic E-state index is 11.0. The van der Waals surface area contributed by atoms with Gasteiger partial charge in [0.2, 0.25) is 0 Å². The van der Waals surface area contributed by atoms with E-state index in [0.29, 0.717) is 6.54 Å². The topological polar surface area (TPSA) is 53.4 Å². The molecule has 0 bridgehead atoms. The number of rotatable bonds is 7. The molecule has 1 aromatic carbocycles. The van der Waals surface area contributed by atoms with Crippen molar-refractivity contribution in [2.75, 3.05) is 11.4 Å². The Morgan fingerprint density at radius 1 is 1.35 bits per heavy atom. The number of thiazole rings is 1. The summed E-state index contributed by atoms with van der Waals surface area (Å²) in [5.41, 5.74) is 1.84. The first-order valence-corrected chi connectivity index (χ1v) is 7.52. The van der Waals surface area contributed by atoms with E-state index in [1.165, 1.54) is 0 Å². The van der Waals surface area contributed by atoms with Gasteiger partial charge in [0.25, 0.3) is 0 Å². The normalized spacial score (nSPS) is 10.4. The molecule has 20 heavy (non-hydrogen) atoms. The lowest BCUT2D eigenvalue weighted by atomic mass is 10.2. The predicted octanol–water partition coefficient (Wildman–Crippen LogP) is 3.19. The van der Waals surface area contributed by atoms with Crippen LogP contribution in [0, 0.1) is 0 Å². The van der Waals surface area contributed by atoms with Gasteiger partial charge in [0.05, 0.1) is 17.2 Å². The number of aromatic nitrogens is 1. The average Bonchev–Trinajstić information content (AvgIpc) is 2.86. The number of carbonyl (C=O) groups is 1. The molecular formula is C15H18N2O2S. The molecular weight excluding hydrogens is 272 g/mol. The van der Waals surface area contributed by atoms with Crippen molar-refractivity contribution in [3.8, 4) is 0 Å². The second-order valence-corrected chi connectivity index (χ2v) is 5.51. The van der Waals surface area contributed by atoms with Crippen molar-refractivity contribution < 1.29 is 9.90 Å². The number of aryl methyl sites for hydroxylation is 1. The van der Waals surface area contributed by atoms with Crippen LogP contribution in [0.1, 0.15) is 24.0 Å². The largest absolute Gasteiger partial charge is 0.480 e. The Labute approximate surface area is 122 Å². The first-order valence-electron chi connectivity index (χ1n) is 6.64. The molecule has 1 N–H and O–H groups in total. The van der Waals surface area contributed by atoms with Crippen LogP contribution in [0.25, 0.3) is 0 Å². The first-order chi connectivity index (χ1) is 9.69. The van der Waals surface area contributed by atoms with E-state index >= 15 is 0 Å². The molecule has 5 heteroatoms. The molecule has 0 spiro atoms. The van der Waals surface area contributed by atoms with Crippen LogP contribution < -0.4 is 4.90 Å². The number of hydrogen-bond donors (Lipinski definition) is 1. The number of aliphatic carboxylic acids is 1. The standard InChI is InChI=1S/C15H18N2O2S/c1-2-6-14-16-12(11-20-14)9-17(10-15(18)19)13-7-4-3-5-8-13/h3-5,7-8,11H,2,6,9-10H2,1H3,(H,18,19). The molecule has 0 amide bonds. The highest BCUT2D eigenvalue weighted by molar-refractivity contribution is 7.09. The number of carboxylic acid groups (broad SMARTS) is 1. The van der Waals surface area contributed by atoms with Crippen molar-refractivity contribution in [2.45, 2.75) is 26.3 Å². The highest BCUT2D eigenvalue weighted by Gasteiger charge is 2.13. The van der Waals surface area contributed by atoms with E-state index in [4.69, 9.17) is 5.11 Å². The molecule has 1 aromatic heterocycles. The molecule has 0 saturated carbocycles. The van der Waals surface area contributed by atoms with Gasteiger partial charge < -0.3 is 10.0 Å². The second-order valence-electron chi connectivity index (χ2n) is 4.57. The Bertz CT molecular complexity index is 554. The molecule has 0 saturated heterocycles. The number of benzene rings is 1. The number of nitrogens with zero attached hydrogens (tertiary/aromatic N) is 2. The fraction of sp³-hybridized carbons (Fsp3) is 0.333. The van der Waals surface area contributed by atoms with Gasteiger partial charge in [-0.05, 0) is 25.0 Å². The summed E-state index contributed by atoms with van der Waals surface area (Å²) in [7, 11) is 0. The van der Waals surface area contributed by atoms with Crippen molar-refractivity contribution in [3.63, 3.8) is 0 Å². The summed E-state index contributed by atoms with van der Waals surface area (Å²) in [6, 6.07) is 9.58. The molecule has 0 unspecified atom stereocenters. The monoisotopic (exact) mass is 290 g/mol. The van der Waals surface area contributed by atoms with Gasteiger partial charge in [0, 0.05) is 11.1 Å². The maximum Gasteiger partial charge on any atom is 0.323 e. The van der Waals surface area contributed by atoms with Crippen molar-refractivity contribution >= 4 is 23.0 Å². The summed E-state index contributed by atoms with van der Waals surface area (Å²) in [6.45, 7) is 2.63. The summed E-state index contributed by atoms with van der Waals surface area (Å²) >= 11 is 1.64. The molecule has 2 aromatic rings. The number of carboxylic acids is 1. The lowest BCUT2D eigenvalue weighted by Gasteiger charge is -2.21. The molecule has 0 atom stereocenters. The lowest BCUT2D eigenvalue weighted by molar-refractivity contribution is -0.135. The third kappa shape index (κ3) is 4.06. The molecule has 4 nitrogen and oxygen atoms in total. The van der Waals surface area contributed by atoms with Crippen molar-refractivity contribution in [1.82, 2.24) is 4.98 Å². The van der Waals surface area contributed by atoms with Gasteiger partial charge in [-0.2, -0.15) is 0 Å². The van der Waals surface area contributed by atoms with Crippen LogP contribution in [0.15, 0.2) is 35.7 Å². The molecule has 0 aliphatic heterocycles. The molecule has 0 radical (unpaired) electrons. The van der Waals surface area contributed by atoms with E-state index in [-0.39, 0.29) is 6.54 Å². The van der Waals surface area contributed by atoms with Crippen molar-refractivity contribution in [2.24, 2.45) is 0 Å². The molecule has 2 rings (SSSR count). The quantitative estimate of drug-likeness (QED) is 0.851. The third-order valence-electron chi connectivity index (χ3n) is 2.86. The van der Waals surface area contributed by atoms with E-state index in [9.17, 15) is 4.79 Å². The summed E-state index contributed by atoms with van der Waals surface area (Å²) < 4.78 is 0. The molecule has 0 aliphatic rings. The van der Waals surface area contributed by atoms with E-state index in [2.05, 4.69) is 11.9 Å².